The molecule has 6 nitrogen and oxygen atoms in total. The van der Waals surface area contributed by atoms with Gasteiger partial charge in [-0.1, -0.05) is 19.8 Å². The lowest BCUT2D eigenvalue weighted by molar-refractivity contribution is -0.141. The molecular weight excluding hydrogens is 272 g/mol. The van der Waals surface area contributed by atoms with Crippen LogP contribution in [-0.4, -0.2) is 48.4 Å². The molecule has 2 N–H and O–H groups in total. The first-order chi connectivity index (χ1) is 9.79. The zero-order valence-electron chi connectivity index (χ0n) is 13.1. The number of hydrogen-bond donors (Lipinski definition) is 2. The molecule has 2 amide bonds. The van der Waals surface area contributed by atoms with Crippen molar-refractivity contribution in [2.24, 2.45) is 11.3 Å². The zero-order valence-corrected chi connectivity index (χ0v) is 13.1. The molecule has 0 aromatic carbocycles. The van der Waals surface area contributed by atoms with Crippen molar-refractivity contribution in [3.63, 3.8) is 0 Å². The lowest BCUT2D eigenvalue weighted by Gasteiger charge is -2.29. The Hall–Kier alpha value is -1.59. The van der Waals surface area contributed by atoms with Crippen molar-refractivity contribution < 1.29 is 19.5 Å². The standard InChI is InChI=1S/C15H26N2O4/c1-11(14(21)16-2)10-17(3)12(18)8-15(9-13(19)20)6-4-5-7-15/h11H,4-10H2,1-3H3,(H,16,21)(H,19,20). The molecular formula is C15H26N2O4. The van der Waals surface area contributed by atoms with E-state index in [0.717, 1.165) is 25.7 Å². The molecule has 0 aromatic rings. The van der Waals surface area contributed by atoms with Crippen LogP contribution in [0.15, 0.2) is 0 Å². The van der Waals surface area contributed by atoms with Gasteiger partial charge in [0.2, 0.25) is 11.8 Å². The third kappa shape index (κ3) is 5.02. The number of carbonyl (C=O) groups excluding carboxylic acids is 2. The molecule has 0 radical (unpaired) electrons. The zero-order chi connectivity index (χ0) is 16.0. The molecule has 0 heterocycles. The van der Waals surface area contributed by atoms with E-state index in [1.165, 1.54) is 0 Å². The summed E-state index contributed by atoms with van der Waals surface area (Å²) in [7, 11) is 3.24. The summed E-state index contributed by atoms with van der Waals surface area (Å²) in [5.41, 5.74) is -0.395. The van der Waals surface area contributed by atoms with Crippen LogP contribution in [0.2, 0.25) is 0 Å². The Bertz CT molecular complexity index is 402. The number of rotatable bonds is 7. The monoisotopic (exact) mass is 298 g/mol. The molecule has 120 valence electrons. The minimum Gasteiger partial charge on any atom is -0.481 e. The molecule has 0 saturated heterocycles. The van der Waals surface area contributed by atoms with Gasteiger partial charge >= 0.3 is 5.97 Å². The maximum Gasteiger partial charge on any atom is 0.303 e. The van der Waals surface area contributed by atoms with Crippen molar-refractivity contribution in [1.82, 2.24) is 10.2 Å². The van der Waals surface area contributed by atoms with Gasteiger partial charge in [-0.05, 0) is 18.3 Å². The van der Waals surface area contributed by atoms with Gasteiger partial charge in [0, 0.05) is 27.1 Å². The van der Waals surface area contributed by atoms with E-state index >= 15 is 0 Å². The van der Waals surface area contributed by atoms with Gasteiger partial charge in [-0.15, -0.1) is 0 Å². The molecule has 0 aliphatic heterocycles. The number of carboxylic acids is 1. The van der Waals surface area contributed by atoms with E-state index in [9.17, 15) is 14.4 Å². The van der Waals surface area contributed by atoms with Gasteiger partial charge in [-0.25, -0.2) is 0 Å². The average molecular weight is 298 g/mol. The number of nitrogens with zero attached hydrogens (tertiary/aromatic N) is 1. The SMILES string of the molecule is CNC(=O)C(C)CN(C)C(=O)CC1(CC(=O)O)CCCC1. The topological polar surface area (TPSA) is 86.7 Å². The first kappa shape index (κ1) is 17.5. The Morgan fingerprint density at radius 1 is 1.24 bits per heavy atom. The maximum absolute atomic E-state index is 12.3. The third-order valence-corrected chi connectivity index (χ3v) is 4.38. The Labute approximate surface area is 125 Å². The fraction of sp³-hybridized carbons (Fsp3) is 0.800. The van der Waals surface area contributed by atoms with Crippen molar-refractivity contribution in [3.8, 4) is 0 Å². The molecule has 6 heteroatoms. The van der Waals surface area contributed by atoms with Crippen LogP contribution in [0.5, 0.6) is 0 Å². The van der Waals surface area contributed by atoms with Crippen molar-refractivity contribution in [3.05, 3.63) is 0 Å². The number of carbonyl (C=O) groups is 3. The minimum absolute atomic E-state index is 0.0532. The van der Waals surface area contributed by atoms with Crippen molar-refractivity contribution in [1.29, 1.82) is 0 Å². The van der Waals surface area contributed by atoms with Gasteiger partial charge < -0.3 is 15.3 Å². The van der Waals surface area contributed by atoms with Crippen LogP contribution in [0.25, 0.3) is 0 Å². The van der Waals surface area contributed by atoms with Gasteiger partial charge in [0.25, 0.3) is 0 Å². The number of hydrogen-bond acceptors (Lipinski definition) is 3. The molecule has 1 aliphatic rings. The quantitative estimate of drug-likeness (QED) is 0.740. The Morgan fingerprint density at radius 2 is 1.81 bits per heavy atom. The van der Waals surface area contributed by atoms with Gasteiger partial charge in [0.05, 0.1) is 12.3 Å². The first-order valence-corrected chi connectivity index (χ1v) is 7.47. The summed E-state index contributed by atoms with van der Waals surface area (Å²) in [6.45, 7) is 2.12. The van der Waals surface area contributed by atoms with E-state index in [2.05, 4.69) is 5.32 Å². The van der Waals surface area contributed by atoms with Crippen LogP contribution in [0.3, 0.4) is 0 Å². The minimum atomic E-state index is -0.842. The fourth-order valence-electron chi connectivity index (χ4n) is 3.16. The predicted molar refractivity (Wildman–Crippen MR) is 78.6 cm³/mol. The number of aliphatic carboxylic acids is 1. The highest BCUT2D eigenvalue weighted by Gasteiger charge is 2.38. The summed E-state index contributed by atoms with van der Waals surface area (Å²) in [5.74, 6) is -1.29. The summed E-state index contributed by atoms with van der Waals surface area (Å²) in [4.78, 5) is 36.4. The number of amides is 2. The van der Waals surface area contributed by atoms with Crippen molar-refractivity contribution in [2.45, 2.75) is 45.4 Å². The van der Waals surface area contributed by atoms with Crippen LogP contribution in [0.4, 0.5) is 0 Å². The van der Waals surface area contributed by atoms with Crippen LogP contribution in [0, 0.1) is 11.3 Å². The Kier molecular flexibility index (Phi) is 6.18. The van der Waals surface area contributed by atoms with E-state index in [4.69, 9.17) is 5.11 Å². The molecule has 1 unspecified atom stereocenters. The van der Waals surface area contributed by atoms with Crippen molar-refractivity contribution in [2.75, 3.05) is 20.6 Å². The largest absolute Gasteiger partial charge is 0.481 e. The molecule has 21 heavy (non-hydrogen) atoms. The van der Waals surface area contributed by atoms with Gasteiger partial charge in [0.15, 0.2) is 0 Å². The molecule has 1 rings (SSSR count). The van der Waals surface area contributed by atoms with E-state index in [1.54, 1.807) is 25.9 Å². The molecule has 0 spiro atoms. The molecule has 0 aromatic heterocycles. The van der Waals surface area contributed by atoms with Crippen LogP contribution >= 0.6 is 0 Å². The highest BCUT2D eigenvalue weighted by molar-refractivity contribution is 5.81. The van der Waals surface area contributed by atoms with E-state index in [0.29, 0.717) is 6.54 Å². The maximum atomic E-state index is 12.3. The summed E-state index contributed by atoms with van der Waals surface area (Å²) in [6, 6.07) is 0. The molecule has 1 aliphatic carbocycles. The highest BCUT2D eigenvalue weighted by atomic mass is 16.4. The second kappa shape index (κ2) is 7.43. The summed E-state index contributed by atoms with van der Waals surface area (Å²) in [6.07, 6.45) is 3.87. The molecule has 1 fully saturated rings. The van der Waals surface area contributed by atoms with Gasteiger partial charge in [0.1, 0.15) is 0 Å². The molecule has 1 saturated carbocycles. The third-order valence-electron chi connectivity index (χ3n) is 4.38. The van der Waals surface area contributed by atoms with Crippen molar-refractivity contribution >= 4 is 17.8 Å². The number of nitrogens with one attached hydrogen (secondary N) is 1. The summed E-state index contributed by atoms with van der Waals surface area (Å²) < 4.78 is 0. The molecule has 0 bridgehead atoms. The number of carboxylic acid groups (broad SMARTS) is 1. The smallest absolute Gasteiger partial charge is 0.303 e. The highest BCUT2D eigenvalue weighted by Crippen LogP contribution is 2.44. The van der Waals surface area contributed by atoms with Gasteiger partial charge in [-0.2, -0.15) is 0 Å². The van der Waals surface area contributed by atoms with Crippen LogP contribution in [0.1, 0.15) is 45.4 Å². The van der Waals surface area contributed by atoms with Gasteiger partial charge in [-0.3, -0.25) is 14.4 Å². The second-order valence-corrected chi connectivity index (χ2v) is 6.24. The molecule has 1 atom stereocenters. The second-order valence-electron chi connectivity index (χ2n) is 6.24. The lowest BCUT2D eigenvalue weighted by Crippen LogP contribution is -2.39. The van der Waals surface area contributed by atoms with Crippen LogP contribution in [-0.2, 0) is 14.4 Å². The Balaban J connectivity index is 2.61. The lowest BCUT2D eigenvalue weighted by atomic mass is 9.79. The van der Waals surface area contributed by atoms with E-state index < -0.39 is 11.4 Å². The fourth-order valence-corrected chi connectivity index (χ4v) is 3.16. The Morgan fingerprint density at radius 3 is 2.29 bits per heavy atom. The summed E-state index contributed by atoms with van der Waals surface area (Å²) >= 11 is 0. The normalized spacial score (nSPS) is 18.0. The van der Waals surface area contributed by atoms with Crippen LogP contribution < -0.4 is 5.32 Å². The predicted octanol–water partition coefficient (Wildman–Crippen LogP) is 1.25. The average Bonchev–Trinajstić information content (AvgIpc) is 2.84. The van der Waals surface area contributed by atoms with E-state index in [-0.39, 0.29) is 30.6 Å². The first-order valence-electron chi connectivity index (χ1n) is 7.47. The summed E-state index contributed by atoms with van der Waals surface area (Å²) in [5, 5.41) is 11.6. The van der Waals surface area contributed by atoms with E-state index in [1.807, 2.05) is 0 Å².